The molecule has 6 nitrogen and oxygen atoms in total. The topological polar surface area (TPSA) is 74.3 Å². The van der Waals surface area contributed by atoms with Gasteiger partial charge in [-0.3, -0.25) is 9.59 Å². The molecule has 2 N–H and O–H groups in total. The van der Waals surface area contributed by atoms with E-state index >= 15 is 0 Å². The van der Waals surface area contributed by atoms with Crippen LogP contribution in [0.25, 0.3) is 0 Å². The summed E-state index contributed by atoms with van der Waals surface area (Å²) in [6, 6.07) is 3.93. The number of piperidine rings is 1. The number of likely N-dealkylation sites (tertiary alicyclic amines) is 1. The number of hydrogen-bond donors (Lipinski definition) is 2. The lowest BCUT2D eigenvalue weighted by molar-refractivity contribution is 0.0693. The molecule has 2 aromatic rings. The summed E-state index contributed by atoms with van der Waals surface area (Å²) >= 11 is 2.95. The Labute approximate surface area is 155 Å². The van der Waals surface area contributed by atoms with Crippen LogP contribution in [0.5, 0.6) is 0 Å². The first-order valence-electron chi connectivity index (χ1n) is 8.42. The molecule has 0 unspecified atom stereocenters. The van der Waals surface area contributed by atoms with Crippen molar-refractivity contribution < 1.29 is 9.59 Å². The lowest BCUT2D eigenvalue weighted by Crippen LogP contribution is -2.46. The van der Waals surface area contributed by atoms with Crippen LogP contribution in [0, 0.1) is 6.92 Å². The molecule has 0 radical (unpaired) electrons. The molecular weight excluding hydrogens is 356 g/mol. The van der Waals surface area contributed by atoms with Gasteiger partial charge in [0.05, 0.1) is 4.88 Å². The molecule has 8 heteroatoms. The van der Waals surface area contributed by atoms with E-state index < -0.39 is 0 Å². The Kier molecular flexibility index (Phi) is 5.70. The Morgan fingerprint density at radius 3 is 2.72 bits per heavy atom. The highest BCUT2D eigenvalue weighted by Gasteiger charge is 2.26. The van der Waals surface area contributed by atoms with Gasteiger partial charge in [-0.05, 0) is 38.8 Å². The highest BCUT2D eigenvalue weighted by atomic mass is 32.1. The fraction of sp³-hybridized carbons (Fsp3) is 0.471. The predicted molar refractivity (Wildman–Crippen MR) is 102 cm³/mol. The van der Waals surface area contributed by atoms with E-state index in [1.807, 2.05) is 30.9 Å². The van der Waals surface area contributed by atoms with Gasteiger partial charge in [0, 0.05) is 35.9 Å². The maximum atomic E-state index is 12.5. The first kappa shape index (κ1) is 17.9. The van der Waals surface area contributed by atoms with Crippen molar-refractivity contribution in [3.05, 3.63) is 33.0 Å². The number of aryl methyl sites for hydroxylation is 1. The smallest absolute Gasteiger partial charge is 0.273 e. The second kappa shape index (κ2) is 7.97. The van der Waals surface area contributed by atoms with Crippen molar-refractivity contribution in [3.63, 3.8) is 0 Å². The fourth-order valence-corrected chi connectivity index (χ4v) is 4.33. The number of anilines is 1. The van der Waals surface area contributed by atoms with Gasteiger partial charge in [-0.1, -0.05) is 0 Å². The van der Waals surface area contributed by atoms with Crippen molar-refractivity contribution in [3.8, 4) is 0 Å². The molecule has 0 bridgehead atoms. The number of aromatic nitrogens is 1. The number of thiophene rings is 1. The molecular formula is C17H22N4O2S2. The summed E-state index contributed by atoms with van der Waals surface area (Å²) in [6.45, 7) is 6.06. The van der Waals surface area contributed by atoms with Crippen LogP contribution in [0.2, 0.25) is 0 Å². The Balaban J connectivity index is 1.50. The van der Waals surface area contributed by atoms with Crippen molar-refractivity contribution in [2.24, 2.45) is 0 Å². The number of amides is 2. The molecule has 134 valence electrons. The molecule has 0 atom stereocenters. The zero-order valence-electron chi connectivity index (χ0n) is 14.4. The maximum Gasteiger partial charge on any atom is 0.273 e. The van der Waals surface area contributed by atoms with Crippen LogP contribution in [-0.2, 0) is 0 Å². The average Bonchev–Trinajstić information content (AvgIpc) is 3.24. The number of hydrogen-bond acceptors (Lipinski definition) is 6. The summed E-state index contributed by atoms with van der Waals surface area (Å²) in [4.78, 5) is 32.8. The molecule has 1 saturated heterocycles. The van der Waals surface area contributed by atoms with Crippen molar-refractivity contribution in [1.82, 2.24) is 15.2 Å². The Bertz CT molecular complexity index is 747. The molecule has 1 aliphatic heterocycles. The van der Waals surface area contributed by atoms with Gasteiger partial charge in [-0.15, -0.1) is 22.7 Å². The van der Waals surface area contributed by atoms with Crippen LogP contribution in [0.15, 0.2) is 17.5 Å². The SMILES string of the molecule is CCNc1nc(C(=O)N2CCC(NC(=O)c3ccc(C)s3)CC2)cs1. The lowest BCUT2D eigenvalue weighted by Gasteiger charge is -2.31. The summed E-state index contributed by atoms with van der Waals surface area (Å²) in [6.07, 6.45) is 1.54. The van der Waals surface area contributed by atoms with E-state index in [4.69, 9.17) is 0 Å². The normalized spacial score (nSPS) is 15.2. The van der Waals surface area contributed by atoms with Crippen LogP contribution in [0.4, 0.5) is 5.13 Å². The summed E-state index contributed by atoms with van der Waals surface area (Å²) in [5.41, 5.74) is 0.498. The van der Waals surface area contributed by atoms with Crippen LogP contribution >= 0.6 is 22.7 Å². The van der Waals surface area contributed by atoms with Crippen molar-refractivity contribution >= 4 is 39.6 Å². The average molecular weight is 379 g/mol. The van der Waals surface area contributed by atoms with Gasteiger partial charge in [0.1, 0.15) is 5.69 Å². The lowest BCUT2D eigenvalue weighted by atomic mass is 10.0. The Morgan fingerprint density at radius 1 is 1.32 bits per heavy atom. The van der Waals surface area contributed by atoms with E-state index in [1.54, 1.807) is 5.38 Å². The largest absolute Gasteiger partial charge is 0.362 e. The number of rotatable bonds is 5. The minimum absolute atomic E-state index is 0.0161. The second-order valence-corrected chi connectivity index (χ2v) is 8.16. The molecule has 3 rings (SSSR count). The van der Waals surface area contributed by atoms with E-state index in [-0.39, 0.29) is 17.9 Å². The third-order valence-electron chi connectivity index (χ3n) is 4.13. The van der Waals surface area contributed by atoms with E-state index in [0.29, 0.717) is 18.8 Å². The van der Waals surface area contributed by atoms with Gasteiger partial charge >= 0.3 is 0 Å². The van der Waals surface area contributed by atoms with Crippen LogP contribution < -0.4 is 10.6 Å². The Hall–Kier alpha value is -1.93. The summed E-state index contributed by atoms with van der Waals surface area (Å²) in [7, 11) is 0. The molecule has 0 saturated carbocycles. The van der Waals surface area contributed by atoms with E-state index in [9.17, 15) is 9.59 Å². The minimum atomic E-state index is -0.0286. The molecule has 0 aliphatic carbocycles. The first-order chi connectivity index (χ1) is 12.1. The van der Waals surface area contributed by atoms with Crippen molar-refractivity contribution in [1.29, 1.82) is 0 Å². The highest BCUT2D eigenvalue weighted by molar-refractivity contribution is 7.14. The molecule has 2 aromatic heterocycles. The van der Waals surface area contributed by atoms with Crippen molar-refractivity contribution in [2.75, 3.05) is 25.0 Å². The summed E-state index contributed by atoms with van der Waals surface area (Å²) in [5, 5.41) is 8.78. The third-order valence-corrected chi connectivity index (χ3v) is 5.93. The Morgan fingerprint density at radius 2 is 2.08 bits per heavy atom. The first-order valence-corrected chi connectivity index (χ1v) is 10.1. The number of carbonyl (C=O) groups is 2. The van der Waals surface area contributed by atoms with Gasteiger partial charge in [0.15, 0.2) is 5.13 Å². The molecule has 1 aliphatic rings. The van der Waals surface area contributed by atoms with Gasteiger partial charge in [0.2, 0.25) is 0 Å². The van der Waals surface area contributed by atoms with Crippen LogP contribution in [-0.4, -0.2) is 47.4 Å². The van der Waals surface area contributed by atoms with Crippen LogP contribution in [0.1, 0.15) is 44.8 Å². The maximum absolute atomic E-state index is 12.5. The van der Waals surface area contributed by atoms with Gasteiger partial charge in [-0.25, -0.2) is 4.98 Å². The zero-order valence-corrected chi connectivity index (χ0v) is 16.0. The standard InChI is InChI=1S/C17H22N4O2S2/c1-3-18-17-20-13(10-24-17)16(23)21-8-6-12(7-9-21)19-15(22)14-5-4-11(2)25-14/h4-5,10,12H,3,6-9H2,1-2H3,(H,18,20)(H,19,22). The zero-order chi connectivity index (χ0) is 17.8. The quantitative estimate of drug-likeness (QED) is 0.839. The number of carbonyl (C=O) groups excluding carboxylic acids is 2. The molecule has 0 spiro atoms. The number of nitrogens with zero attached hydrogens (tertiary/aromatic N) is 2. The van der Waals surface area contributed by atoms with E-state index in [0.717, 1.165) is 34.3 Å². The second-order valence-electron chi connectivity index (χ2n) is 6.02. The van der Waals surface area contributed by atoms with E-state index in [2.05, 4.69) is 15.6 Å². The molecule has 0 aromatic carbocycles. The van der Waals surface area contributed by atoms with Gasteiger partial charge in [-0.2, -0.15) is 0 Å². The molecule has 1 fully saturated rings. The molecule has 3 heterocycles. The van der Waals surface area contributed by atoms with Crippen LogP contribution in [0.3, 0.4) is 0 Å². The van der Waals surface area contributed by atoms with Crippen molar-refractivity contribution in [2.45, 2.75) is 32.7 Å². The summed E-state index contributed by atoms with van der Waals surface area (Å²) < 4.78 is 0. The third kappa shape index (κ3) is 4.38. The van der Waals surface area contributed by atoms with E-state index in [1.165, 1.54) is 22.7 Å². The van der Waals surface area contributed by atoms with Gasteiger partial charge in [0.25, 0.3) is 11.8 Å². The molecule has 25 heavy (non-hydrogen) atoms. The fourth-order valence-electron chi connectivity index (χ4n) is 2.81. The predicted octanol–water partition coefficient (Wildman–Crippen LogP) is 2.98. The van der Waals surface area contributed by atoms with Gasteiger partial charge < -0.3 is 15.5 Å². The number of thiazole rings is 1. The minimum Gasteiger partial charge on any atom is -0.362 e. The molecule has 2 amide bonds. The summed E-state index contributed by atoms with van der Waals surface area (Å²) in [5.74, 6) is -0.0447. The number of nitrogens with one attached hydrogen (secondary N) is 2. The highest BCUT2D eigenvalue weighted by Crippen LogP contribution is 2.20. The monoisotopic (exact) mass is 378 g/mol.